The van der Waals surface area contributed by atoms with Gasteiger partial charge in [0.2, 0.25) is 0 Å². The Morgan fingerprint density at radius 1 is 1.22 bits per heavy atom. The van der Waals surface area contributed by atoms with Gasteiger partial charge in [0.1, 0.15) is 5.01 Å². The topological polar surface area (TPSA) is 24.9 Å². The molecule has 0 aliphatic carbocycles. The van der Waals surface area contributed by atoms with Crippen LogP contribution in [0.25, 0.3) is 10.2 Å². The van der Waals surface area contributed by atoms with Crippen molar-refractivity contribution in [2.24, 2.45) is 5.92 Å². The van der Waals surface area contributed by atoms with Gasteiger partial charge in [-0.25, -0.2) is 4.98 Å². The summed E-state index contributed by atoms with van der Waals surface area (Å²) in [5, 5.41) is 4.84. The van der Waals surface area contributed by atoms with Crippen LogP contribution in [-0.2, 0) is 0 Å². The van der Waals surface area contributed by atoms with Crippen molar-refractivity contribution in [3.8, 4) is 0 Å². The number of thiazole rings is 1. The van der Waals surface area contributed by atoms with E-state index in [9.17, 15) is 0 Å². The predicted octanol–water partition coefficient (Wildman–Crippen LogP) is 4.38. The van der Waals surface area contributed by atoms with Gasteiger partial charge in [-0.3, -0.25) is 0 Å². The lowest BCUT2D eigenvalue weighted by molar-refractivity contribution is 0.360. The number of nitrogens with one attached hydrogen (secondary N) is 1. The van der Waals surface area contributed by atoms with E-state index in [1.165, 1.54) is 16.1 Å². The van der Waals surface area contributed by atoms with Crippen LogP contribution in [0.1, 0.15) is 45.2 Å². The molecule has 0 spiro atoms. The third kappa shape index (κ3) is 2.90. The maximum Gasteiger partial charge on any atom is 0.111 e. The minimum absolute atomic E-state index is 0.325. The Hall–Kier alpha value is -0.930. The number of rotatable bonds is 5. The molecule has 0 saturated carbocycles. The van der Waals surface area contributed by atoms with Crippen molar-refractivity contribution in [2.75, 3.05) is 0 Å². The van der Waals surface area contributed by atoms with E-state index in [2.05, 4.69) is 51.2 Å². The van der Waals surface area contributed by atoms with Gasteiger partial charge < -0.3 is 5.32 Å². The van der Waals surface area contributed by atoms with Crippen molar-refractivity contribution in [3.05, 3.63) is 29.3 Å². The summed E-state index contributed by atoms with van der Waals surface area (Å²) < 4.78 is 1.28. The molecule has 0 aliphatic rings. The van der Waals surface area contributed by atoms with Crippen molar-refractivity contribution < 1.29 is 0 Å². The molecule has 1 heterocycles. The van der Waals surface area contributed by atoms with E-state index in [1.54, 1.807) is 11.3 Å². The zero-order valence-electron chi connectivity index (χ0n) is 11.6. The molecular weight excluding hydrogens is 240 g/mol. The van der Waals surface area contributed by atoms with E-state index in [1.807, 2.05) is 6.07 Å². The fourth-order valence-corrected chi connectivity index (χ4v) is 3.04. The lowest BCUT2D eigenvalue weighted by Gasteiger charge is -2.23. The molecule has 2 nitrogen and oxygen atoms in total. The molecule has 3 unspecified atom stereocenters. The van der Waals surface area contributed by atoms with Gasteiger partial charge in [0.15, 0.2) is 0 Å². The van der Waals surface area contributed by atoms with Crippen molar-refractivity contribution in [2.45, 2.75) is 46.2 Å². The van der Waals surface area contributed by atoms with Gasteiger partial charge in [-0.1, -0.05) is 32.4 Å². The van der Waals surface area contributed by atoms with Gasteiger partial charge in [0.25, 0.3) is 0 Å². The zero-order valence-corrected chi connectivity index (χ0v) is 12.4. The maximum absolute atomic E-state index is 4.71. The van der Waals surface area contributed by atoms with Crippen LogP contribution in [0.3, 0.4) is 0 Å². The number of benzene rings is 1. The molecule has 0 bridgehead atoms. The highest BCUT2D eigenvalue weighted by Crippen LogP contribution is 2.26. The van der Waals surface area contributed by atoms with Gasteiger partial charge in [-0.05, 0) is 31.9 Å². The van der Waals surface area contributed by atoms with Crippen LogP contribution in [0.4, 0.5) is 0 Å². The number of nitrogens with zero attached hydrogens (tertiary/aromatic N) is 1. The van der Waals surface area contributed by atoms with E-state index < -0.39 is 0 Å². The summed E-state index contributed by atoms with van der Waals surface area (Å²) in [6, 6.07) is 9.19. The van der Waals surface area contributed by atoms with E-state index in [0.717, 1.165) is 5.52 Å². The highest BCUT2D eigenvalue weighted by molar-refractivity contribution is 7.18. The minimum atomic E-state index is 0.325. The second-order valence-corrected chi connectivity index (χ2v) is 6.14. The number of hydrogen-bond donors (Lipinski definition) is 1. The molecule has 0 aliphatic heterocycles. The first-order valence-corrected chi connectivity index (χ1v) is 7.55. The summed E-state index contributed by atoms with van der Waals surface area (Å²) in [4.78, 5) is 4.71. The van der Waals surface area contributed by atoms with Gasteiger partial charge in [0, 0.05) is 6.04 Å². The third-order valence-electron chi connectivity index (χ3n) is 3.69. The van der Waals surface area contributed by atoms with Crippen LogP contribution in [0.5, 0.6) is 0 Å². The molecule has 3 atom stereocenters. The molecule has 0 fully saturated rings. The van der Waals surface area contributed by atoms with Crippen LogP contribution in [0, 0.1) is 5.92 Å². The van der Waals surface area contributed by atoms with Crippen molar-refractivity contribution in [1.82, 2.24) is 10.3 Å². The summed E-state index contributed by atoms with van der Waals surface area (Å²) in [7, 11) is 0. The van der Waals surface area contributed by atoms with Crippen LogP contribution < -0.4 is 5.32 Å². The van der Waals surface area contributed by atoms with Crippen molar-refractivity contribution in [1.29, 1.82) is 0 Å². The largest absolute Gasteiger partial charge is 0.305 e. The molecule has 0 amide bonds. The second-order valence-electron chi connectivity index (χ2n) is 5.08. The maximum atomic E-state index is 4.71. The monoisotopic (exact) mass is 262 g/mol. The Morgan fingerprint density at radius 2 is 1.94 bits per heavy atom. The van der Waals surface area contributed by atoms with E-state index in [4.69, 9.17) is 4.98 Å². The Morgan fingerprint density at radius 3 is 2.61 bits per heavy atom. The summed E-state index contributed by atoms with van der Waals surface area (Å²) in [6.45, 7) is 9.00. The molecule has 0 saturated heterocycles. The molecule has 0 radical (unpaired) electrons. The normalized spacial score (nSPS) is 16.7. The fourth-order valence-electron chi connectivity index (χ4n) is 2.06. The van der Waals surface area contributed by atoms with Crippen LogP contribution in [0.2, 0.25) is 0 Å². The lowest BCUT2D eigenvalue weighted by Crippen LogP contribution is -2.33. The number of aromatic nitrogens is 1. The van der Waals surface area contributed by atoms with Crippen molar-refractivity contribution in [3.63, 3.8) is 0 Å². The molecule has 1 aromatic carbocycles. The average Bonchev–Trinajstić information content (AvgIpc) is 2.81. The smallest absolute Gasteiger partial charge is 0.111 e. The summed E-state index contributed by atoms with van der Waals surface area (Å²) in [5.41, 5.74) is 1.11. The summed E-state index contributed by atoms with van der Waals surface area (Å²) in [6.07, 6.45) is 1.21. The number of fused-ring (bicyclic) bond motifs is 1. The lowest BCUT2D eigenvalue weighted by atomic mass is 10.0. The number of hydrogen-bond acceptors (Lipinski definition) is 3. The summed E-state index contributed by atoms with van der Waals surface area (Å²) >= 11 is 1.79. The van der Waals surface area contributed by atoms with Gasteiger partial charge >= 0.3 is 0 Å². The molecule has 98 valence electrons. The van der Waals surface area contributed by atoms with Gasteiger partial charge in [-0.15, -0.1) is 11.3 Å². The predicted molar refractivity (Wildman–Crippen MR) is 80.1 cm³/mol. The summed E-state index contributed by atoms with van der Waals surface area (Å²) in [5.74, 6) is 0.696. The van der Waals surface area contributed by atoms with Crippen LogP contribution in [0.15, 0.2) is 24.3 Å². The van der Waals surface area contributed by atoms with Crippen LogP contribution >= 0.6 is 11.3 Å². The Balaban J connectivity index is 2.11. The Bertz CT molecular complexity index is 473. The van der Waals surface area contributed by atoms with E-state index in [0.29, 0.717) is 18.0 Å². The third-order valence-corrected chi connectivity index (χ3v) is 4.91. The van der Waals surface area contributed by atoms with Gasteiger partial charge in [0.05, 0.1) is 16.3 Å². The SMILES string of the molecule is CCC(C)C(C)NC(C)c1nc2ccccc2s1. The molecule has 18 heavy (non-hydrogen) atoms. The second kappa shape index (κ2) is 5.81. The minimum Gasteiger partial charge on any atom is -0.305 e. The molecule has 2 aromatic rings. The molecule has 1 N–H and O–H groups in total. The first kappa shape index (κ1) is 13.5. The van der Waals surface area contributed by atoms with Gasteiger partial charge in [-0.2, -0.15) is 0 Å². The average molecular weight is 262 g/mol. The highest BCUT2D eigenvalue weighted by atomic mass is 32.1. The molecular formula is C15H22N2S. The highest BCUT2D eigenvalue weighted by Gasteiger charge is 2.16. The molecule has 2 rings (SSSR count). The standard InChI is InChI=1S/C15H22N2S/c1-5-10(2)11(3)16-12(4)15-17-13-8-6-7-9-14(13)18-15/h6-12,16H,5H2,1-4H3. The zero-order chi connectivity index (χ0) is 13.1. The van der Waals surface area contributed by atoms with E-state index >= 15 is 0 Å². The van der Waals surface area contributed by atoms with Crippen molar-refractivity contribution >= 4 is 21.6 Å². The first-order valence-electron chi connectivity index (χ1n) is 6.73. The Kier molecular flexibility index (Phi) is 4.36. The first-order chi connectivity index (χ1) is 8.61. The Labute approximate surface area is 113 Å². The molecule has 1 aromatic heterocycles. The fraction of sp³-hybridized carbons (Fsp3) is 0.533. The van der Waals surface area contributed by atoms with Crippen LogP contribution in [-0.4, -0.2) is 11.0 Å². The molecule has 3 heteroatoms. The quantitative estimate of drug-likeness (QED) is 0.865. The number of para-hydroxylation sites is 1. The van der Waals surface area contributed by atoms with E-state index in [-0.39, 0.29) is 0 Å².